The number of phenols is 1. The van der Waals surface area contributed by atoms with Crippen molar-refractivity contribution in [3.63, 3.8) is 0 Å². The second kappa shape index (κ2) is 8.78. The summed E-state index contributed by atoms with van der Waals surface area (Å²) in [4.78, 5) is 4.95. The fourth-order valence-corrected chi connectivity index (χ4v) is 4.73. The lowest BCUT2D eigenvalue weighted by atomic mass is 9.93. The largest absolute Gasteiger partial charge is 0.508 e. The molecule has 1 aliphatic rings. The van der Waals surface area contributed by atoms with Crippen LogP contribution in [0.1, 0.15) is 35.3 Å². The topological polar surface area (TPSA) is 44.6 Å². The summed E-state index contributed by atoms with van der Waals surface area (Å²) in [6, 6.07) is 18.7. The van der Waals surface area contributed by atoms with Gasteiger partial charge in [-0.25, -0.2) is 0 Å². The van der Waals surface area contributed by atoms with E-state index in [1.807, 2.05) is 42.5 Å². The summed E-state index contributed by atoms with van der Waals surface area (Å²) in [6.07, 6.45) is 0.258. The van der Waals surface area contributed by atoms with Crippen molar-refractivity contribution in [1.82, 2.24) is 5.32 Å². The Morgan fingerprint density at radius 2 is 1.72 bits per heavy atom. The van der Waals surface area contributed by atoms with Crippen LogP contribution in [0.15, 0.2) is 74.6 Å². The Labute approximate surface area is 196 Å². The fraction of sp³-hybridized carbons (Fsp3) is 0.136. The van der Waals surface area contributed by atoms with Gasteiger partial charge in [-0.05, 0) is 48.0 Å². The van der Waals surface area contributed by atoms with Crippen molar-refractivity contribution in [3.8, 4) is 5.75 Å². The smallest absolute Gasteiger partial charge is 0.127 e. The highest BCUT2D eigenvalue weighted by molar-refractivity contribution is 9.10. The lowest BCUT2D eigenvalue weighted by Gasteiger charge is -2.31. The van der Waals surface area contributed by atoms with Gasteiger partial charge in [0, 0.05) is 48.3 Å². The molecule has 0 unspecified atom stereocenters. The molecule has 2 N–H and O–H groups in total. The number of nitrogens with zero attached hydrogens (tertiary/aromatic N) is 1. The van der Waals surface area contributed by atoms with E-state index in [-0.39, 0.29) is 18.0 Å². The van der Waals surface area contributed by atoms with Crippen molar-refractivity contribution in [2.45, 2.75) is 18.6 Å². The van der Waals surface area contributed by atoms with Gasteiger partial charge < -0.3 is 5.11 Å². The minimum absolute atomic E-state index is 0.143. The zero-order chi connectivity index (χ0) is 20.5. The van der Waals surface area contributed by atoms with Crippen LogP contribution in [0.3, 0.4) is 0 Å². The normalized spacial score (nSPS) is 19.1. The number of phenolic OH excluding ortho intramolecular Hbond substituents is 1. The average molecular weight is 555 g/mol. The highest BCUT2D eigenvalue weighted by atomic mass is 79.9. The van der Waals surface area contributed by atoms with E-state index in [0.717, 1.165) is 31.3 Å². The van der Waals surface area contributed by atoms with Crippen LogP contribution in [0.25, 0.3) is 0 Å². The van der Waals surface area contributed by atoms with E-state index < -0.39 is 0 Å². The first kappa shape index (κ1) is 20.9. The Hall–Kier alpha value is -1.37. The van der Waals surface area contributed by atoms with Crippen LogP contribution < -0.4 is 5.32 Å². The Bertz CT molecular complexity index is 1100. The van der Waals surface area contributed by atoms with Crippen LogP contribution in [0, 0.1) is 0 Å². The van der Waals surface area contributed by atoms with Gasteiger partial charge in [0.25, 0.3) is 0 Å². The van der Waals surface area contributed by atoms with Crippen LogP contribution in [-0.4, -0.2) is 10.8 Å². The first-order valence-corrected chi connectivity index (χ1v) is 11.3. The predicted octanol–water partition coefficient (Wildman–Crippen LogP) is 7.45. The van der Waals surface area contributed by atoms with E-state index in [2.05, 4.69) is 37.2 Å². The van der Waals surface area contributed by atoms with Gasteiger partial charge in [-0.3, -0.25) is 10.3 Å². The van der Waals surface area contributed by atoms with Gasteiger partial charge in [0.1, 0.15) is 11.9 Å². The van der Waals surface area contributed by atoms with Crippen molar-refractivity contribution < 1.29 is 5.11 Å². The van der Waals surface area contributed by atoms with Gasteiger partial charge in [-0.2, -0.15) is 0 Å². The molecule has 7 heteroatoms. The van der Waals surface area contributed by atoms with E-state index >= 15 is 0 Å². The molecule has 148 valence electrons. The second-order valence-electron chi connectivity index (χ2n) is 6.78. The number of aromatic hydroxyl groups is 1. The molecular weight excluding hydrogens is 539 g/mol. The Balaban J connectivity index is 1.81. The van der Waals surface area contributed by atoms with Gasteiger partial charge in [0.05, 0.1) is 0 Å². The van der Waals surface area contributed by atoms with Crippen molar-refractivity contribution in [2.75, 3.05) is 0 Å². The number of nitrogens with one attached hydrogen (secondary N) is 1. The van der Waals surface area contributed by atoms with Crippen molar-refractivity contribution >= 4 is 60.8 Å². The molecule has 3 aromatic carbocycles. The van der Waals surface area contributed by atoms with Crippen LogP contribution >= 0.6 is 55.1 Å². The number of hydrogen-bond acceptors (Lipinski definition) is 3. The molecule has 3 nitrogen and oxygen atoms in total. The van der Waals surface area contributed by atoms with Crippen molar-refractivity contribution in [3.05, 3.63) is 96.3 Å². The molecular formula is C22H16Br2Cl2N2O. The molecule has 0 aromatic heterocycles. The highest BCUT2D eigenvalue weighted by Crippen LogP contribution is 2.37. The number of halogens is 4. The number of benzene rings is 3. The van der Waals surface area contributed by atoms with Crippen LogP contribution in [0.4, 0.5) is 0 Å². The van der Waals surface area contributed by atoms with Gasteiger partial charge in [0.2, 0.25) is 0 Å². The molecule has 0 spiro atoms. The fourth-order valence-electron chi connectivity index (χ4n) is 3.44. The van der Waals surface area contributed by atoms with E-state index in [0.29, 0.717) is 16.5 Å². The zero-order valence-electron chi connectivity index (χ0n) is 15.0. The standard InChI is InChI=1S/C22H16Br2Cl2N2O/c23-13-3-1-2-12(8-13)19-11-20(17-9-14(24)4-7-21(17)29)28-22(27-19)16-6-5-15(25)10-18(16)26/h1-10,20,22,28-29H,11H2/t20-,22+/m0/s1. The third-order valence-electron chi connectivity index (χ3n) is 4.82. The lowest BCUT2D eigenvalue weighted by molar-refractivity contribution is 0.412. The maximum Gasteiger partial charge on any atom is 0.127 e. The maximum absolute atomic E-state index is 10.5. The number of rotatable bonds is 3. The Morgan fingerprint density at radius 3 is 2.48 bits per heavy atom. The molecule has 1 aliphatic heterocycles. The van der Waals surface area contributed by atoms with Crippen LogP contribution in [0.2, 0.25) is 10.0 Å². The van der Waals surface area contributed by atoms with Crippen molar-refractivity contribution in [1.29, 1.82) is 0 Å². The summed E-state index contributed by atoms with van der Waals surface area (Å²) < 4.78 is 1.89. The highest BCUT2D eigenvalue weighted by Gasteiger charge is 2.29. The second-order valence-corrected chi connectivity index (χ2v) is 9.46. The van der Waals surface area contributed by atoms with Crippen LogP contribution in [0.5, 0.6) is 5.75 Å². The monoisotopic (exact) mass is 552 g/mol. The molecule has 0 amide bonds. The SMILES string of the molecule is Oc1ccc(Br)cc1[C@@H]1CC(c2cccc(Br)c2)=N[C@@H](c2ccc(Cl)cc2Cl)N1. The molecule has 1 heterocycles. The number of aliphatic imine (C=N–C) groups is 1. The van der Waals surface area contributed by atoms with E-state index in [1.54, 1.807) is 18.2 Å². The van der Waals surface area contributed by atoms with Gasteiger partial charge in [-0.15, -0.1) is 0 Å². The minimum atomic E-state index is -0.370. The zero-order valence-corrected chi connectivity index (χ0v) is 19.7. The molecule has 3 aromatic rings. The summed E-state index contributed by atoms with van der Waals surface area (Å²) in [5, 5.41) is 15.1. The minimum Gasteiger partial charge on any atom is -0.508 e. The van der Waals surface area contributed by atoms with E-state index in [1.165, 1.54) is 0 Å². The first-order chi connectivity index (χ1) is 13.9. The molecule has 0 radical (unpaired) electrons. The molecule has 2 atom stereocenters. The van der Waals surface area contributed by atoms with E-state index in [4.69, 9.17) is 28.2 Å². The maximum atomic E-state index is 10.5. The van der Waals surface area contributed by atoms with Gasteiger partial charge >= 0.3 is 0 Å². The van der Waals surface area contributed by atoms with Gasteiger partial charge in [-0.1, -0.05) is 73.3 Å². The Morgan fingerprint density at radius 1 is 0.931 bits per heavy atom. The third kappa shape index (κ3) is 4.70. The van der Waals surface area contributed by atoms with Gasteiger partial charge in [0.15, 0.2) is 0 Å². The summed E-state index contributed by atoms with van der Waals surface area (Å²) >= 11 is 19.6. The first-order valence-electron chi connectivity index (χ1n) is 8.93. The predicted molar refractivity (Wildman–Crippen MR) is 126 cm³/mol. The summed E-state index contributed by atoms with van der Waals surface area (Å²) in [5.74, 6) is 0.238. The summed E-state index contributed by atoms with van der Waals surface area (Å²) in [5.41, 5.74) is 3.60. The van der Waals surface area contributed by atoms with Crippen molar-refractivity contribution in [2.24, 2.45) is 4.99 Å². The average Bonchev–Trinajstić information content (AvgIpc) is 2.69. The molecule has 0 saturated heterocycles. The molecule has 0 fully saturated rings. The quantitative estimate of drug-likeness (QED) is 0.353. The number of hydrogen-bond donors (Lipinski definition) is 2. The molecule has 4 rings (SSSR count). The summed E-state index contributed by atoms with van der Waals surface area (Å²) in [6.45, 7) is 0. The van der Waals surface area contributed by atoms with Crippen LogP contribution in [-0.2, 0) is 0 Å². The molecule has 0 bridgehead atoms. The Kier molecular flexibility index (Phi) is 6.32. The molecule has 0 aliphatic carbocycles. The lowest BCUT2D eigenvalue weighted by Crippen LogP contribution is -2.33. The molecule has 0 saturated carbocycles. The third-order valence-corrected chi connectivity index (χ3v) is 6.37. The molecule has 29 heavy (non-hydrogen) atoms. The summed E-state index contributed by atoms with van der Waals surface area (Å²) in [7, 11) is 0. The van der Waals surface area contributed by atoms with E-state index in [9.17, 15) is 5.11 Å².